The second-order valence-electron chi connectivity index (χ2n) is 3.94. The number of anilines is 1. The number of aromatic nitrogens is 1. The molecule has 94 valence electrons. The van der Waals surface area contributed by atoms with Crippen LogP contribution in [0.3, 0.4) is 0 Å². The number of halogens is 2. The lowest BCUT2D eigenvalue weighted by Crippen LogP contribution is -2.29. The van der Waals surface area contributed by atoms with Crippen molar-refractivity contribution in [2.24, 2.45) is 0 Å². The van der Waals surface area contributed by atoms with Crippen LogP contribution in [0, 0.1) is 0 Å². The van der Waals surface area contributed by atoms with E-state index in [-0.39, 0.29) is 16.3 Å². The van der Waals surface area contributed by atoms with Gasteiger partial charge in [-0.1, -0.05) is 23.2 Å². The summed E-state index contributed by atoms with van der Waals surface area (Å²) in [7, 11) is 0. The van der Waals surface area contributed by atoms with Crippen LogP contribution in [0.15, 0.2) is 36.5 Å². The molecule has 3 rings (SSSR count). The summed E-state index contributed by atoms with van der Waals surface area (Å²) in [4.78, 5) is 29.4. The van der Waals surface area contributed by atoms with Gasteiger partial charge in [-0.3, -0.25) is 14.6 Å². The van der Waals surface area contributed by atoms with Gasteiger partial charge in [-0.2, -0.15) is 0 Å². The number of nitrogens with zero attached hydrogens (tertiary/aromatic N) is 2. The van der Waals surface area contributed by atoms with Gasteiger partial charge in [0, 0.05) is 11.2 Å². The zero-order chi connectivity index (χ0) is 13.6. The number of fused-ring (bicyclic) bond motifs is 1. The second kappa shape index (κ2) is 4.33. The lowest BCUT2D eigenvalue weighted by atomic mass is 10.2. The number of pyridine rings is 1. The topological polar surface area (TPSA) is 50.3 Å². The highest BCUT2D eigenvalue weighted by atomic mass is 35.5. The molecule has 0 bridgehead atoms. The van der Waals surface area contributed by atoms with Crippen LogP contribution in [0.2, 0.25) is 10.0 Å². The van der Waals surface area contributed by atoms with E-state index >= 15 is 0 Å². The third-order valence-electron chi connectivity index (χ3n) is 2.80. The maximum Gasteiger partial charge on any atom is 0.284 e. The molecule has 0 aliphatic carbocycles. The van der Waals surface area contributed by atoms with E-state index in [1.165, 1.54) is 18.3 Å². The number of hydrogen-bond acceptors (Lipinski definition) is 3. The Hall–Kier alpha value is -1.91. The Morgan fingerprint density at radius 3 is 2.53 bits per heavy atom. The predicted molar refractivity (Wildman–Crippen MR) is 71.8 cm³/mol. The van der Waals surface area contributed by atoms with E-state index in [2.05, 4.69) is 4.98 Å². The number of imide groups is 1. The standard InChI is InChI=1S/C13H6Cl2N2O2/c14-7-3-4-10(9(15)6-7)17-12(18)8-2-1-5-16-11(8)13(17)19/h1-6H. The van der Waals surface area contributed by atoms with Gasteiger partial charge in [-0.05, 0) is 30.3 Å². The Morgan fingerprint density at radius 1 is 1.05 bits per heavy atom. The summed E-state index contributed by atoms with van der Waals surface area (Å²) in [6.07, 6.45) is 1.47. The van der Waals surface area contributed by atoms with Crippen LogP contribution in [0.5, 0.6) is 0 Å². The van der Waals surface area contributed by atoms with Gasteiger partial charge in [0.2, 0.25) is 0 Å². The molecule has 1 aromatic carbocycles. The minimum absolute atomic E-state index is 0.138. The summed E-state index contributed by atoms with van der Waals surface area (Å²) in [5.74, 6) is -0.915. The Labute approximate surface area is 118 Å². The van der Waals surface area contributed by atoms with Crippen LogP contribution in [0.4, 0.5) is 5.69 Å². The molecule has 1 aliphatic rings. The van der Waals surface area contributed by atoms with Crippen LogP contribution in [-0.2, 0) is 0 Å². The summed E-state index contributed by atoms with van der Waals surface area (Å²) in [6, 6.07) is 7.75. The van der Waals surface area contributed by atoms with Crippen LogP contribution in [0.25, 0.3) is 0 Å². The average molecular weight is 293 g/mol. The van der Waals surface area contributed by atoms with Crippen molar-refractivity contribution in [3.05, 3.63) is 57.8 Å². The van der Waals surface area contributed by atoms with Crippen LogP contribution in [0.1, 0.15) is 20.8 Å². The summed E-state index contributed by atoms with van der Waals surface area (Å²) in [5, 5.41) is 0.672. The fourth-order valence-corrected chi connectivity index (χ4v) is 2.44. The molecule has 0 spiro atoms. The summed E-state index contributed by atoms with van der Waals surface area (Å²) < 4.78 is 0. The average Bonchev–Trinajstić information content (AvgIpc) is 2.64. The van der Waals surface area contributed by atoms with E-state index in [0.717, 1.165) is 4.90 Å². The lowest BCUT2D eigenvalue weighted by Gasteiger charge is -2.15. The summed E-state index contributed by atoms with van der Waals surface area (Å²) in [6.45, 7) is 0. The van der Waals surface area contributed by atoms with Gasteiger partial charge in [-0.15, -0.1) is 0 Å². The first kappa shape index (κ1) is 12.1. The summed E-state index contributed by atoms with van der Waals surface area (Å²) >= 11 is 11.8. The van der Waals surface area contributed by atoms with Gasteiger partial charge in [-0.25, -0.2) is 4.90 Å². The zero-order valence-electron chi connectivity index (χ0n) is 9.43. The van der Waals surface area contributed by atoms with E-state index in [9.17, 15) is 9.59 Å². The molecular weight excluding hydrogens is 287 g/mol. The predicted octanol–water partition coefficient (Wildman–Crippen LogP) is 3.19. The number of carbonyl (C=O) groups excluding carboxylic acids is 2. The highest BCUT2D eigenvalue weighted by molar-refractivity contribution is 6.40. The fourth-order valence-electron chi connectivity index (χ4n) is 1.95. The molecule has 0 saturated carbocycles. The van der Waals surface area contributed by atoms with E-state index in [0.29, 0.717) is 10.7 Å². The zero-order valence-corrected chi connectivity index (χ0v) is 10.9. The maximum absolute atomic E-state index is 12.2. The van der Waals surface area contributed by atoms with Crippen molar-refractivity contribution in [1.82, 2.24) is 4.98 Å². The molecule has 2 aromatic rings. The van der Waals surface area contributed by atoms with Gasteiger partial charge >= 0.3 is 0 Å². The molecule has 0 radical (unpaired) electrons. The Morgan fingerprint density at radius 2 is 1.84 bits per heavy atom. The third kappa shape index (κ3) is 1.80. The molecule has 19 heavy (non-hydrogen) atoms. The van der Waals surface area contributed by atoms with Crippen molar-refractivity contribution in [1.29, 1.82) is 0 Å². The highest BCUT2D eigenvalue weighted by Gasteiger charge is 2.38. The van der Waals surface area contributed by atoms with Gasteiger partial charge < -0.3 is 0 Å². The molecule has 2 heterocycles. The SMILES string of the molecule is O=C1c2cccnc2C(=O)N1c1ccc(Cl)cc1Cl. The summed E-state index contributed by atoms with van der Waals surface area (Å²) in [5.41, 5.74) is 0.719. The Bertz CT molecular complexity index is 681. The Balaban J connectivity index is 2.14. The lowest BCUT2D eigenvalue weighted by molar-refractivity contribution is 0.0924. The minimum Gasteiger partial charge on any atom is -0.268 e. The van der Waals surface area contributed by atoms with E-state index in [1.54, 1.807) is 18.2 Å². The van der Waals surface area contributed by atoms with Crippen LogP contribution in [-0.4, -0.2) is 16.8 Å². The molecule has 4 nitrogen and oxygen atoms in total. The minimum atomic E-state index is -0.482. The van der Waals surface area contributed by atoms with Gasteiger partial charge in [0.05, 0.1) is 16.3 Å². The number of hydrogen-bond donors (Lipinski definition) is 0. The van der Waals surface area contributed by atoms with Crippen LogP contribution < -0.4 is 4.90 Å². The van der Waals surface area contributed by atoms with Crippen molar-refractivity contribution in [2.75, 3.05) is 4.90 Å². The number of rotatable bonds is 1. The van der Waals surface area contributed by atoms with Crippen molar-refractivity contribution < 1.29 is 9.59 Å². The fraction of sp³-hybridized carbons (Fsp3) is 0. The molecule has 0 atom stereocenters. The third-order valence-corrected chi connectivity index (χ3v) is 3.34. The first-order valence-electron chi connectivity index (χ1n) is 5.38. The van der Waals surface area contributed by atoms with Crippen molar-refractivity contribution in [2.45, 2.75) is 0 Å². The normalized spacial score (nSPS) is 13.9. The molecule has 0 N–H and O–H groups in total. The van der Waals surface area contributed by atoms with Crippen molar-refractivity contribution in [3.8, 4) is 0 Å². The second-order valence-corrected chi connectivity index (χ2v) is 4.78. The van der Waals surface area contributed by atoms with E-state index < -0.39 is 11.8 Å². The van der Waals surface area contributed by atoms with E-state index in [1.807, 2.05) is 0 Å². The molecular formula is C13H6Cl2N2O2. The van der Waals surface area contributed by atoms with Gasteiger partial charge in [0.1, 0.15) is 5.69 Å². The van der Waals surface area contributed by atoms with E-state index in [4.69, 9.17) is 23.2 Å². The van der Waals surface area contributed by atoms with Gasteiger partial charge in [0.15, 0.2) is 0 Å². The molecule has 0 fully saturated rings. The molecule has 2 amide bonds. The monoisotopic (exact) mass is 292 g/mol. The van der Waals surface area contributed by atoms with Crippen LogP contribution >= 0.6 is 23.2 Å². The van der Waals surface area contributed by atoms with Gasteiger partial charge in [0.25, 0.3) is 11.8 Å². The number of carbonyl (C=O) groups is 2. The molecule has 1 aliphatic heterocycles. The first-order valence-corrected chi connectivity index (χ1v) is 6.14. The molecule has 0 unspecified atom stereocenters. The number of amides is 2. The van der Waals surface area contributed by atoms with Crippen molar-refractivity contribution in [3.63, 3.8) is 0 Å². The largest absolute Gasteiger partial charge is 0.284 e. The van der Waals surface area contributed by atoms with Crippen molar-refractivity contribution >= 4 is 40.7 Å². The molecule has 0 saturated heterocycles. The number of benzene rings is 1. The smallest absolute Gasteiger partial charge is 0.268 e. The Kier molecular flexibility index (Phi) is 2.77. The maximum atomic E-state index is 12.2. The quantitative estimate of drug-likeness (QED) is 0.759. The first-order chi connectivity index (χ1) is 9.09. The molecule has 6 heteroatoms. The molecule has 1 aromatic heterocycles. The highest BCUT2D eigenvalue weighted by Crippen LogP contribution is 2.33.